The predicted molar refractivity (Wildman–Crippen MR) is 65.8 cm³/mol. The number of rotatable bonds is 5. The molecule has 1 aromatic rings. The molecule has 88 valence electrons. The maximum atomic E-state index is 10.8. The number of nitro groups is 1. The first-order valence-electron chi connectivity index (χ1n) is 5.56. The van der Waals surface area contributed by atoms with Crippen molar-refractivity contribution in [3.63, 3.8) is 0 Å². The van der Waals surface area contributed by atoms with Crippen LogP contribution < -0.4 is 5.32 Å². The van der Waals surface area contributed by atoms with Gasteiger partial charge in [0.15, 0.2) is 0 Å². The Hall–Kier alpha value is -1.58. The minimum absolute atomic E-state index is 0.175. The molecule has 0 saturated carbocycles. The first-order chi connectivity index (χ1) is 7.54. The van der Waals surface area contributed by atoms with E-state index in [9.17, 15) is 10.1 Å². The van der Waals surface area contributed by atoms with Crippen LogP contribution in [-0.2, 0) is 0 Å². The third-order valence-electron chi connectivity index (χ3n) is 2.54. The highest BCUT2D eigenvalue weighted by atomic mass is 16.6. The Morgan fingerprint density at radius 3 is 2.75 bits per heavy atom. The number of benzene rings is 1. The molecule has 1 N–H and O–H groups in total. The molecule has 16 heavy (non-hydrogen) atoms. The Kier molecular flexibility index (Phi) is 4.28. The highest BCUT2D eigenvalue weighted by Gasteiger charge is 2.11. The van der Waals surface area contributed by atoms with Crippen LogP contribution in [0, 0.1) is 17.0 Å². The molecule has 0 aliphatic heterocycles. The highest BCUT2D eigenvalue weighted by molar-refractivity contribution is 5.55. The van der Waals surface area contributed by atoms with Crippen molar-refractivity contribution in [2.45, 2.75) is 39.7 Å². The Balaban J connectivity index is 2.82. The summed E-state index contributed by atoms with van der Waals surface area (Å²) in [6.45, 7) is 5.95. The van der Waals surface area contributed by atoms with Gasteiger partial charge >= 0.3 is 0 Å². The van der Waals surface area contributed by atoms with Gasteiger partial charge in [-0.25, -0.2) is 0 Å². The van der Waals surface area contributed by atoms with Crippen molar-refractivity contribution in [3.8, 4) is 0 Å². The second-order valence-corrected chi connectivity index (χ2v) is 4.09. The molecule has 0 amide bonds. The Morgan fingerprint density at radius 1 is 1.50 bits per heavy atom. The molecule has 1 aromatic carbocycles. The average Bonchev–Trinajstić information content (AvgIpc) is 2.21. The largest absolute Gasteiger partial charge is 0.382 e. The summed E-state index contributed by atoms with van der Waals surface area (Å²) in [6.07, 6.45) is 2.16. The zero-order chi connectivity index (χ0) is 12.1. The highest BCUT2D eigenvalue weighted by Crippen LogP contribution is 2.23. The van der Waals surface area contributed by atoms with E-state index in [1.165, 1.54) is 0 Å². The first kappa shape index (κ1) is 12.5. The summed E-state index contributed by atoms with van der Waals surface area (Å²) in [7, 11) is 0. The molecular weight excluding hydrogens is 204 g/mol. The molecule has 0 saturated heterocycles. The van der Waals surface area contributed by atoms with E-state index in [0.29, 0.717) is 11.6 Å². The van der Waals surface area contributed by atoms with Crippen molar-refractivity contribution >= 4 is 11.4 Å². The minimum atomic E-state index is -0.342. The van der Waals surface area contributed by atoms with Crippen molar-refractivity contribution in [1.82, 2.24) is 0 Å². The van der Waals surface area contributed by atoms with Gasteiger partial charge in [0.25, 0.3) is 5.69 Å². The molecule has 0 aromatic heterocycles. The molecule has 0 aliphatic rings. The van der Waals surface area contributed by atoms with Gasteiger partial charge in [0.1, 0.15) is 0 Å². The summed E-state index contributed by atoms with van der Waals surface area (Å²) < 4.78 is 0. The zero-order valence-corrected chi connectivity index (χ0v) is 9.99. The molecule has 1 unspecified atom stereocenters. The number of nitrogens with zero attached hydrogens (tertiary/aromatic N) is 1. The number of hydrogen-bond acceptors (Lipinski definition) is 3. The minimum Gasteiger partial charge on any atom is -0.382 e. The van der Waals surface area contributed by atoms with Crippen molar-refractivity contribution in [1.29, 1.82) is 0 Å². The van der Waals surface area contributed by atoms with Gasteiger partial charge in [-0.05, 0) is 26.3 Å². The van der Waals surface area contributed by atoms with Crippen LogP contribution in [0.4, 0.5) is 11.4 Å². The monoisotopic (exact) mass is 222 g/mol. The SMILES string of the molecule is CCCC(C)Nc1ccc(C)c([N+](=O)[O-])c1. The lowest BCUT2D eigenvalue weighted by molar-refractivity contribution is -0.385. The van der Waals surface area contributed by atoms with E-state index in [-0.39, 0.29) is 10.6 Å². The second-order valence-electron chi connectivity index (χ2n) is 4.09. The number of aryl methyl sites for hydroxylation is 1. The third kappa shape index (κ3) is 3.22. The molecule has 1 atom stereocenters. The first-order valence-corrected chi connectivity index (χ1v) is 5.56. The summed E-state index contributed by atoms with van der Waals surface area (Å²) in [6, 6.07) is 5.60. The van der Waals surface area contributed by atoms with Gasteiger partial charge in [0.2, 0.25) is 0 Å². The molecule has 0 fully saturated rings. The maximum Gasteiger partial charge on any atom is 0.274 e. The smallest absolute Gasteiger partial charge is 0.274 e. The predicted octanol–water partition coefficient (Wildman–Crippen LogP) is 3.50. The van der Waals surface area contributed by atoms with E-state index in [4.69, 9.17) is 0 Å². The van der Waals surface area contributed by atoms with E-state index in [0.717, 1.165) is 18.5 Å². The summed E-state index contributed by atoms with van der Waals surface area (Å²) in [5.41, 5.74) is 1.69. The molecule has 4 nitrogen and oxygen atoms in total. The van der Waals surface area contributed by atoms with Crippen LogP contribution in [-0.4, -0.2) is 11.0 Å². The third-order valence-corrected chi connectivity index (χ3v) is 2.54. The molecular formula is C12H18N2O2. The van der Waals surface area contributed by atoms with E-state index in [1.54, 1.807) is 19.1 Å². The number of hydrogen-bond donors (Lipinski definition) is 1. The number of nitrogens with one attached hydrogen (secondary N) is 1. The van der Waals surface area contributed by atoms with Crippen LogP contribution in [0.15, 0.2) is 18.2 Å². The van der Waals surface area contributed by atoms with Gasteiger partial charge in [-0.15, -0.1) is 0 Å². The van der Waals surface area contributed by atoms with Crippen LogP contribution in [0.2, 0.25) is 0 Å². The molecule has 0 bridgehead atoms. The van der Waals surface area contributed by atoms with Crippen LogP contribution in [0.3, 0.4) is 0 Å². The normalized spacial score (nSPS) is 12.2. The fourth-order valence-corrected chi connectivity index (χ4v) is 1.69. The summed E-state index contributed by atoms with van der Waals surface area (Å²) in [4.78, 5) is 10.4. The van der Waals surface area contributed by atoms with Gasteiger partial charge in [-0.1, -0.05) is 19.4 Å². The lowest BCUT2D eigenvalue weighted by Crippen LogP contribution is -2.14. The van der Waals surface area contributed by atoms with Gasteiger partial charge in [-0.2, -0.15) is 0 Å². The molecule has 0 radical (unpaired) electrons. The van der Waals surface area contributed by atoms with E-state index in [1.807, 2.05) is 6.07 Å². The van der Waals surface area contributed by atoms with E-state index < -0.39 is 0 Å². The quantitative estimate of drug-likeness (QED) is 0.612. The lowest BCUT2D eigenvalue weighted by Gasteiger charge is -2.14. The summed E-state index contributed by atoms with van der Waals surface area (Å²) in [5.74, 6) is 0. The van der Waals surface area contributed by atoms with Crippen molar-refractivity contribution in [3.05, 3.63) is 33.9 Å². The molecule has 4 heteroatoms. The number of nitro benzene ring substituents is 1. The lowest BCUT2D eigenvalue weighted by atomic mass is 10.1. The van der Waals surface area contributed by atoms with Crippen molar-refractivity contribution < 1.29 is 4.92 Å². The molecule has 0 spiro atoms. The van der Waals surface area contributed by atoms with Crippen LogP contribution in [0.25, 0.3) is 0 Å². The van der Waals surface area contributed by atoms with Crippen LogP contribution in [0.1, 0.15) is 32.3 Å². The molecule has 0 aliphatic carbocycles. The van der Waals surface area contributed by atoms with E-state index in [2.05, 4.69) is 19.2 Å². The summed E-state index contributed by atoms with van der Waals surface area (Å²) >= 11 is 0. The van der Waals surface area contributed by atoms with Gasteiger partial charge in [0.05, 0.1) is 4.92 Å². The van der Waals surface area contributed by atoms with Crippen molar-refractivity contribution in [2.75, 3.05) is 5.32 Å². The standard InChI is InChI=1S/C12H18N2O2/c1-4-5-10(3)13-11-7-6-9(2)12(8-11)14(15)16/h6-8,10,13H,4-5H2,1-3H3. The van der Waals surface area contributed by atoms with Gasteiger partial charge < -0.3 is 5.32 Å². The fourth-order valence-electron chi connectivity index (χ4n) is 1.69. The zero-order valence-electron chi connectivity index (χ0n) is 9.99. The topological polar surface area (TPSA) is 55.2 Å². The molecule has 1 rings (SSSR count). The van der Waals surface area contributed by atoms with Gasteiger partial charge in [-0.3, -0.25) is 10.1 Å². The number of anilines is 1. The van der Waals surface area contributed by atoms with E-state index >= 15 is 0 Å². The summed E-state index contributed by atoms with van der Waals surface area (Å²) in [5, 5.41) is 14.0. The fraction of sp³-hybridized carbons (Fsp3) is 0.500. The Morgan fingerprint density at radius 2 is 2.19 bits per heavy atom. The maximum absolute atomic E-state index is 10.8. The van der Waals surface area contributed by atoms with Gasteiger partial charge in [0, 0.05) is 23.4 Å². The average molecular weight is 222 g/mol. The van der Waals surface area contributed by atoms with Crippen molar-refractivity contribution in [2.24, 2.45) is 0 Å². The second kappa shape index (κ2) is 5.49. The molecule has 0 heterocycles. The Bertz CT molecular complexity index is 377. The Labute approximate surface area is 95.8 Å². The van der Waals surface area contributed by atoms with Crippen LogP contribution >= 0.6 is 0 Å². The van der Waals surface area contributed by atoms with Crippen LogP contribution in [0.5, 0.6) is 0 Å².